The van der Waals surface area contributed by atoms with Crippen molar-refractivity contribution >= 4 is 35.2 Å². The van der Waals surface area contributed by atoms with Gasteiger partial charge in [-0.15, -0.1) is 0 Å². The van der Waals surface area contributed by atoms with Gasteiger partial charge < -0.3 is 9.73 Å². The molecule has 2 aromatic rings. The summed E-state index contributed by atoms with van der Waals surface area (Å²) in [5.74, 6) is 0.419. The number of hydrazone groups is 1. The molecule has 1 unspecified atom stereocenters. The predicted octanol–water partition coefficient (Wildman–Crippen LogP) is 4.50. The third kappa shape index (κ3) is 4.00. The number of amides is 4. The van der Waals surface area contributed by atoms with Crippen LogP contribution in [0.1, 0.15) is 62.8 Å². The van der Waals surface area contributed by atoms with E-state index in [-0.39, 0.29) is 12.5 Å². The van der Waals surface area contributed by atoms with E-state index >= 15 is 0 Å². The zero-order chi connectivity index (χ0) is 23.9. The number of imide groups is 1. The monoisotopic (exact) mass is 482 g/mol. The van der Waals surface area contributed by atoms with E-state index in [2.05, 4.69) is 17.3 Å². The maximum atomic E-state index is 13.4. The molecule has 1 saturated carbocycles. The molecule has 1 aromatic carbocycles. The summed E-state index contributed by atoms with van der Waals surface area (Å²) >= 11 is 6.01. The molecular formula is C25H27ClN4O4. The Morgan fingerprint density at radius 2 is 1.94 bits per heavy atom. The molecule has 34 heavy (non-hydrogen) atoms. The number of rotatable bonds is 5. The highest BCUT2D eigenvalue weighted by molar-refractivity contribution is 6.30. The number of urea groups is 1. The molecule has 4 amide bonds. The zero-order valence-corrected chi connectivity index (χ0v) is 19.8. The largest absolute Gasteiger partial charge is 0.467 e. The number of hydrogen-bond donors (Lipinski definition) is 1. The summed E-state index contributed by atoms with van der Waals surface area (Å²) in [6.07, 6.45) is 6.07. The summed E-state index contributed by atoms with van der Waals surface area (Å²) in [6, 6.07) is 9.82. The van der Waals surface area contributed by atoms with Gasteiger partial charge in [0.2, 0.25) is 0 Å². The van der Waals surface area contributed by atoms with Gasteiger partial charge in [0.05, 0.1) is 12.0 Å². The number of halogens is 1. The van der Waals surface area contributed by atoms with Crippen LogP contribution >= 0.6 is 11.6 Å². The van der Waals surface area contributed by atoms with E-state index in [0.29, 0.717) is 41.7 Å². The fraction of sp³-hybridized carbons (Fsp3) is 0.440. The summed E-state index contributed by atoms with van der Waals surface area (Å²) in [6.45, 7) is 1.78. The summed E-state index contributed by atoms with van der Waals surface area (Å²) in [5.41, 5.74) is 0.669. The van der Waals surface area contributed by atoms with Crippen LogP contribution in [0.3, 0.4) is 0 Å². The first-order chi connectivity index (χ1) is 16.4. The average Bonchev–Trinajstić information content (AvgIpc) is 3.56. The second-order valence-electron chi connectivity index (χ2n) is 9.28. The third-order valence-electron chi connectivity index (χ3n) is 7.29. The van der Waals surface area contributed by atoms with Crippen molar-refractivity contribution in [1.29, 1.82) is 0 Å². The van der Waals surface area contributed by atoms with Gasteiger partial charge in [-0.1, -0.05) is 37.1 Å². The van der Waals surface area contributed by atoms with Crippen molar-refractivity contribution in [2.45, 2.75) is 57.0 Å². The first-order valence-corrected chi connectivity index (χ1v) is 12.1. The number of carbonyl (C=O) groups excluding carboxylic acids is 3. The number of nitrogens with zero attached hydrogens (tertiary/aromatic N) is 3. The third-order valence-corrected chi connectivity index (χ3v) is 7.54. The van der Waals surface area contributed by atoms with E-state index in [9.17, 15) is 14.4 Å². The summed E-state index contributed by atoms with van der Waals surface area (Å²) in [4.78, 5) is 40.4. The van der Waals surface area contributed by atoms with Crippen LogP contribution in [-0.2, 0) is 9.59 Å². The van der Waals surface area contributed by atoms with Gasteiger partial charge >= 0.3 is 6.03 Å². The van der Waals surface area contributed by atoms with Gasteiger partial charge in [-0.3, -0.25) is 14.5 Å². The minimum absolute atomic E-state index is 0.309. The molecule has 0 bridgehead atoms. The average molecular weight is 483 g/mol. The van der Waals surface area contributed by atoms with Crippen LogP contribution in [-0.4, -0.2) is 45.5 Å². The number of hydrogen-bond acceptors (Lipinski definition) is 5. The maximum absolute atomic E-state index is 13.4. The van der Waals surface area contributed by atoms with Crippen LogP contribution in [0.15, 0.2) is 52.2 Å². The van der Waals surface area contributed by atoms with Gasteiger partial charge in [0, 0.05) is 11.4 Å². The number of benzene rings is 1. The second-order valence-corrected chi connectivity index (χ2v) is 9.72. The highest BCUT2D eigenvalue weighted by Crippen LogP contribution is 2.38. The van der Waals surface area contributed by atoms with Crippen molar-refractivity contribution in [1.82, 2.24) is 15.2 Å². The molecule has 1 saturated heterocycles. The van der Waals surface area contributed by atoms with Crippen molar-refractivity contribution < 1.29 is 18.8 Å². The Morgan fingerprint density at radius 1 is 1.21 bits per heavy atom. The molecule has 5 rings (SSSR count). The highest BCUT2D eigenvalue weighted by atomic mass is 35.5. The van der Waals surface area contributed by atoms with E-state index in [1.165, 1.54) is 5.01 Å². The molecule has 0 radical (unpaired) electrons. The molecule has 1 N–H and O–H groups in total. The Balaban J connectivity index is 1.36. The normalized spacial score (nSPS) is 26.8. The lowest BCUT2D eigenvalue weighted by Gasteiger charge is -2.34. The van der Waals surface area contributed by atoms with Gasteiger partial charge in [0.25, 0.3) is 11.8 Å². The SMILES string of the molecule is CCC1CCC2(CC1)NC(=O)N(CC(=O)N1N=C(c3ccc(Cl)cc3)CC1c1ccco1)C2=O. The molecule has 1 atom stereocenters. The standard InChI is InChI=1S/C25H27ClN4O4/c1-2-16-9-11-25(12-10-16)23(32)29(24(33)27-25)15-22(31)30-20(21-4-3-13-34-21)14-19(28-30)17-5-7-18(26)8-6-17/h3-8,13,16,20H,2,9-12,14-15H2,1H3,(H,27,33). The quantitative estimate of drug-likeness (QED) is 0.634. The second kappa shape index (κ2) is 8.91. The van der Waals surface area contributed by atoms with Crippen LogP contribution in [0.2, 0.25) is 5.02 Å². The Labute approximate surface area is 202 Å². The van der Waals surface area contributed by atoms with Crippen LogP contribution < -0.4 is 5.32 Å². The van der Waals surface area contributed by atoms with Crippen molar-refractivity contribution in [3.8, 4) is 0 Å². The van der Waals surface area contributed by atoms with Crippen LogP contribution in [0, 0.1) is 5.92 Å². The maximum Gasteiger partial charge on any atom is 0.325 e. The molecule has 9 heteroatoms. The summed E-state index contributed by atoms with van der Waals surface area (Å²) in [5, 5.41) is 9.40. The first-order valence-electron chi connectivity index (χ1n) is 11.7. The lowest BCUT2D eigenvalue weighted by molar-refractivity contribution is -0.140. The molecule has 1 aliphatic carbocycles. The first kappa shape index (κ1) is 22.7. The van der Waals surface area contributed by atoms with Crippen molar-refractivity contribution in [2.24, 2.45) is 11.0 Å². The molecular weight excluding hydrogens is 456 g/mol. The molecule has 3 heterocycles. The van der Waals surface area contributed by atoms with E-state index < -0.39 is 23.5 Å². The Morgan fingerprint density at radius 3 is 2.59 bits per heavy atom. The summed E-state index contributed by atoms with van der Waals surface area (Å²) in [7, 11) is 0. The lowest BCUT2D eigenvalue weighted by Crippen LogP contribution is -2.50. The fourth-order valence-electron chi connectivity index (χ4n) is 5.20. The Hall–Kier alpha value is -3.13. The molecule has 2 fully saturated rings. The lowest BCUT2D eigenvalue weighted by atomic mass is 9.75. The van der Waals surface area contributed by atoms with Gasteiger partial charge in [-0.25, -0.2) is 9.80 Å². The molecule has 3 aliphatic rings. The smallest absolute Gasteiger partial charge is 0.325 e. The Kier molecular flexibility index (Phi) is 5.93. The zero-order valence-electron chi connectivity index (χ0n) is 19.0. The van der Waals surface area contributed by atoms with Crippen LogP contribution in [0.4, 0.5) is 4.79 Å². The van der Waals surface area contributed by atoms with E-state index in [0.717, 1.165) is 29.7 Å². The van der Waals surface area contributed by atoms with Gasteiger partial charge in [-0.05, 0) is 61.4 Å². The highest BCUT2D eigenvalue weighted by Gasteiger charge is 2.53. The van der Waals surface area contributed by atoms with Crippen LogP contribution in [0.5, 0.6) is 0 Å². The topological polar surface area (TPSA) is 95.2 Å². The molecule has 2 aliphatic heterocycles. The minimum atomic E-state index is -0.883. The predicted molar refractivity (Wildman–Crippen MR) is 126 cm³/mol. The fourth-order valence-corrected chi connectivity index (χ4v) is 5.33. The van der Waals surface area contributed by atoms with Crippen molar-refractivity contribution in [3.63, 3.8) is 0 Å². The molecule has 1 spiro atoms. The number of carbonyl (C=O) groups is 3. The van der Waals surface area contributed by atoms with E-state index in [4.69, 9.17) is 16.0 Å². The van der Waals surface area contributed by atoms with Crippen LogP contribution in [0.25, 0.3) is 0 Å². The Bertz CT molecular complexity index is 1120. The van der Waals surface area contributed by atoms with Crippen molar-refractivity contribution in [3.05, 3.63) is 59.0 Å². The van der Waals surface area contributed by atoms with Gasteiger partial charge in [0.1, 0.15) is 23.9 Å². The molecule has 1 aromatic heterocycles. The molecule has 8 nitrogen and oxygen atoms in total. The van der Waals surface area contributed by atoms with E-state index in [1.54, 1.807) is 30.5 Å². The number of furan rings is 1. The molecule has 178 valence electrons. The minimum Gasteiger partial charge on any atom is -0.467 e. The van der Waals surface area contributed by atoms with Gasteiger partial charge in [-0.2, -0.15) is 5.10 Å². The van der Waals surface area contributed by atoms with E-state index in [1.807, 2.05) is 12.1 Å². The number of nitrogens with one attached hydrogen (secondary N) is 1. The van der Waals surface area contributed by atoms with Gasteiger partial charge in [0.15, 0.2) is 0 Å². The van der Waals surface area contributed by atoms with Crippen molar-refractivity contribution in [2.75, 3.05) is 6.54 Å². The summed E-state index contributed by atoms with van der Waals surface area (Å²) < 4.78 is 5.58.